The smallest absolute Gasteiger partial charge is 0.433 e. The highest BCUT2D eigenvalue weighted by atomic mass is 19.4. The molecule has 4 heterocycles. The molecule has 0 aliphatic carbocycles. The maximum atomic E-state index is 13.9. The molecule has 2 aliphatic rings. The fraction of sp³-hybridized carbons (Fsp3) is 0.208. The Balaban J connectivity index is 1.40. The molecule has 0 saturated carbocycles. The Morgan fingerprint density at radius 3 is 2.59 bits per heavy atom. The second-order valence-corrected chi connectivity index (χ2v) is 8.14. The second kappa shape index (κ2) is 7.47. The maximum Gasteiger partial charge on any atom is 0.433 e. The van der Waals surface area contributed by atoms with Crippen LogP contribution in [0.4, 0.5) is 13.2 Å². The van der Waals surface area contributed by atoms with Gasteiger partial charge in [0.2, 0.25) is 6.79 Å². The first-order valence-corrected chi connectivity index (χ1v) is 10.6. The number of alkyl halides is 3. The summed E-state index contributed by atoms with van der Waals surface area (Å²) in [5.74, 6) is 0.515. The lowest BCUT2D eigenvalue weighted by Gasteiger charge is -2.28. The number of rotatable bonds is 2. The lowest BCUT2D eigenvalue weighted by molar-refractivity contribution is -0.142. The molecule has 2 aromatic heterocycles. The SMILES string of the molecule is O=C(c1cc2nc(-c3ccc4c(c3)OCO4)cc(C(F)(F)F)n2n1)N1CCc2ccccc2C1. The maximum absolute atomic E-state index is 13.9. The summed E-state index contributed by atoms with van der Waals surface area (Å²) in [5, 5.41) is 4.00. The van der Waals surface area contributed by atoms with E-state index in [1.54, 1.807) is 23.1 Å². The third-order valence-corrected chi connectivity index (χ3v) is 6.02. The van der Waals surface area contributed by atoms with Gasteiger partial charge in [0.25, 0.3) is 5.91 Å². The van der Waals surface area contributed by atoms with Crippen molar-refractivity contribution < 1.29 is 27.4 Å². The first-order valence-electron chi connectivity index (χ1n) is 10.6. The van der Waals surface area contributed by atoms with Crippen molar-refractivity contribution in [3.8, 4) is 22.8 Å². The Hall–Kier alpha value is -4.08. The molecule has 10 heteroatoms. The number of benzene rings is 2. The summed E-state index contributed by atoms with van der Waals surface area (Å²) in [6.45, 7) is 0.894. The number of aromatic nitrogens is 3. The van der Waals surface area contributed by atoms with Crippen LogP contribution in [-0.2, 0) is 19.1 Å². The molecule has 2 aliphatic heterocycles. The largest absolute Gasteiger partial charge is 0.454 e. The topological polar surface area (TPSA) is 69.0 Å². The minimum absolute atomic E-state index is 0.0497. The summed E-state index contributed by atoms with van der Waals surface area (Å²) in [4.78, 5) is 19.1. The van der Waals surface area contributed by atoms with Crippen molar-refractivity contribution in [3.63, 3.8) is 0 Å². The molecule has 0 saturated heterocycles. The Morgan fingerprint density at radius 1 is 0.971 bits per heavy atom. The zero-order valence-electron chi connectivity index (χ0n) is 17.7. The molecule has 0 unspecified atom stereocenters. The molecule has 6 rings (SSSR count). The number of carbonyl (C=O) groups is 1. The first-order chi connectivity index (χ1) is 16.4. The molecule has 4 aromatic rings. The van der Waals surface area contributed by atoms with Crippen LogP contribution < -0.4 is 9.47 Å². The van der Waals surface area contributed by atoms with Gasteiger partial charge in [0, 0.05) is 24.7 Å². The summed E-state index contributed by atoms with van der Waals surface area (Å²) >= 11 is 0. The van der Waals surface area contributed by atoms with Crippen molar-refractivity contribution in [1.82, 2.24) is 19.5 Å². The van der Waals surface area contributed by atoms with E-state index in [9.17, 15) is 18.0 Å². The van der Waals surface area contributed by atoms with E-state index in [1.807, 2.05) is 24.3 Å². The Kier molecular flexibility index (Phi) is 4.51. The van der Waals surface area contributed by atoms with E-state index < -0.39 is 17.8 Å². The number of ether oxygens (including phenoxy) is 2. The normalized spacial score (nSPS) is 15.0. The number of amides is 1. The highest BCUT2D eigenvalue weighted by Gasteiger charge is 2.36. The van der Waals surface area contributed by atoms with Gasteiger partial charge in [-0.1, -0.05) is 24.3 Å². The molecule has 0 radical (unpaired) electrons. The van der Waals surface area contributed by atoms with Crippen LogP contribution in [0.5, 0.6) is 11.5 Å². The number of carbonyl (C=O) groups excluding carboxylic acids is 1. The van der Waals surface area contributed by atoms with Crippen LogP contribution >= 0.6 is 0 Å². The molecule has 7 nitrogen and oxygen atoms in total. The summed E-state index contributed by atoms with van der Waals surface area (Å²) in [5.41, 5.74) is 1.53. The molecular weight excluding hydrogens is 449 g/mol. The number of fused-ring (bicyclic) bond motifs is 3. The Labute approximate surface area is 191 Å². The predicted molar refractivity (Wildman–Crippen MR) is 114 cm³/mol. The minimum Gasteiger partial charge on any atom is -0.454 e. The fourth-order valence-electron chi connectivity index (χ4n) is 4.32. The van der Waals surface area contributed by atoms with Gasteiger partial charge in [-0.15, -0.1) is 0 Å². The molecule has 0 spiro atoms. The Bertz CT molecular complexity index is 1450. The molecule has 2 aromatic carbocycles. The second-order valence-electron chi connectivity index (χ2n) is 8.14. The molecule has 0 N–H and O–H groups in total. The first kappa shape index (κ1) is 20.5. The fourth-order valence-corrected chi connectivity index (χ4v) is 4.32. The van der Waals surface area contributed by atoms with E-state index >= 15 is 0 Å². The van der Waals surface area contributed by atoms with E-state index in [2.05, 4.69) is 10.1 Å². The quantitative estimate of drug-likeness (QED) is 0.440. The summed E-state index contributed by atoms with van der Waals surface area (Å²) in [6.07, 6.45) is -4.03. The van der Waals surface area contributed by atoms with Gasteiger partial charge in [0.05, 0.1) is 5.69 Å². The third kappa shape index (κ3) is 3.42. The van der Waals surface area contributed by atoms with Gasteiger partial charge >= 0.3 is 6.18 Å². The highest BCUT2D eigenvalue weighted by Crippen LogP contribution is 2.37. The van der Waals surface area contributed by atoms with E-state index in [0.717, 1.165) is 17.2 Å². The van der Waals surface area contributed by atoms with Gasteiger partial charge in [-0.25, -0.2) is 9.50 Å². The standard InChI is InChI=1S/C24H17F3N4O3/c25-24(26,27)21-10-17(15-5-6-19-20(9-15)34-13-33-19)28-22-11-18(29-31(21)22)23(32)30-8-7-14-3-1-2-4-16(14)12-30/h1-6,9-11H,7-8,12-13H2. The summed E-state index contributed by atoms with van der Waals surface area (Å²) in [6, 6.07) is 14.8. The van der Waals surface area contributed by atoms with Gasteiger partial charge in [-0.2, -0.15) is 18.3 Å². The minimum atomic E-state index is -4.71. The van der Waals surface area contributed by atoms with Crippen LogP contribution in [0, 0.1) is 0 Å². The van der Waals surface area contributed by atoms with Crippen molar-refractivity contribution in [2.45, 2.75) is 19.1 Å². The number of hydrogen-bond acceptors (Lipinski definition) is 5. The van der Waals surface area contributed by atoms with Crippen LogP contribution in [0.25, 0.3) is 16.9 Å². The van der Waals surface area contributed by atoms with Gasteiger partial charge in [0.15, 0.2) is 28.5 Å². The van der Waals surface area contributed by atoms with Gasteiger partial charge in [-0.05, 0) is 41.8 Å². The molecule has 1 amide bonds. The molecule has 0 bridgehead atoms. The molecular formula is C24H17F3N4O3. The average Bonchev–Trinajstić information content (AvgIpc) is 3.48. The van der Waals surface area contributed by atoms with Crippen molar-refractivity contribution in [1.29, 1.82) is 0 Å². The third-order valence-electron chi connectivity index (χ3n) is 6.02. The lowest BCUT2D eigenvalue weighted by Crippen LogP contribution is -2.36. The zero-order chi connectivity index (χ0) is 23.4. The van der Waals surface area contributed by atoms with Crippen LogP contribution in [0.3, 0.4) is 0 Å². The van der Waals surface area contributed by atoms with Crippen LogP contribution in [0.15, 0.2) is 54.6 Å². The van der Waals surface area contributed by atoms with Crippen molar-refractivity contribution in [3.05, 3.63) is 77.1 Å². The van der Waals surface area contributed by atoms with Crippen LogP contribution in [0.2, 0.25) is 0 Å². The monoisotopic (exact) mass is 466 g/mol. The average molecular weight is 466 g/mol. The van der Waals surface area contributed by atoms with Crippen molar-refractivity contribution >= 4 is 11.6 Å². The van der Waals surface area contributed by atoms with Crippen molar-refractivity contribution in [2.24, 2.45) is 0 Å². The van der Waals surface area contributed by atoms with E-state index in [-0.39, 0.29) is 23.8 Å². The van der Waals surface area contributed by atoms with Crippen molar-refractivity contribution in [2.75, 3.05) is 13.3 Å². The summed E-state index contributed by atoms with van der Waals surface area (Å²) in [7, 11) is 0. The van der Waals surface area contributed by atoms with E-state index in [0.29, 0.717) is 41.1 Å². The number of hydrogen-bond donors (Lipinski definition) is 0. The highest BCUT2D eigenvalue weighted by molar-refractivity contribution is 5.93. The summed E-state index contributed by atoms with van der Waals surface area (Å²) < 4.78 is 53.1. The predicted octanol–water partition coefficient (Wildman–Crippen LogP) is 4.34. The molecule has 34 heavy (non-hydrogen) atoms. The van der Waals surface area contributed by atoms with Crippen LogP contribution in [-0.4, -0.2) is 38.7 Å². The van der Waals surface area contributed by atoms with E-state index in [4.69, 9.17) is 9.47 Å². The van der Waals surface area contributed by atoms with Crippen LogP contribution in [0.1, 0.15) is 27.3 Å². The van der Waals surface area contributed by atoms with E-state index in [1.165, 1.54) is 6.07 Å². The molecule has 0 fully saturated rings. The lowest BCUT2D eigenvalue weighted by atomic mass is 10.00. The molecule has 172 valence electrons. The molecule has 0 atom stereocenters. The number of halogens is 3. The van der Waals surface area contributed by atoms with Gasteiger partial charge < -0.3 is 14.4 Å². The Morgan fingerprint density at radius 2 is 1.76 bits per heavy atom. The van der Waals surface area contributed by atoms with Gasteiger partial charge in [0.1, 0.15) is 0 Å². The van der Waals surface area contributed by atoms with Gasteiger partial charge in [-0.3, -0.25) is 4.79 Å². The zero-order valence-corrected chi connectivity index (χ0v) is 17.7. The number of nitrogens with zero attached hydrogens (tertiary/aromatic N) is 4.